The fourth-order valence-corrected chi connectivity index (χ4v) is 1.43. The molecular formula is C12H15NO4. The Balaban J connectivity index is 2.91. The molecule has 3 N–H and O–H groups in total. The standard InChI is InChI=1S/C12H15NO4/c1-2-17-12(16)9-6-4-3-5-8(9)7-10(13)11(14)15/h3-6,10H,2,7,13H2,1H3,(H,14,15). The van der Waals surface area contributed by atoms with Gasteiger partial charge in [0.2, 0.25) is 0 Å². The molecule has 1 aromatic carbocycles. The van der Waals surface area contributed by atoms with E-state index in [1.807, 2.05) is 0 Å². The van der Waals surface area contributed by atoms with E-state index in [-0.39, 0.29) is 13.0 Å². The van der Waals surface area contributed by atoms with Gasteiger partial charge in [0.15, 0.2) is 0 Å². The number of hydrogen-bond acceptors (Lipinski definition) is 4. The molecule has 1 rings (SSSR count). The predicted molar refractivity (Wildman–Crippen MR) is 61.7 cm³/mol. The lowest BCUT2D eigenvalue weighted by molar-refractivity contribution is -0.138. The monoisotopic (exact) mass is 237 g/mol. The first-order chi connectivity index (χ1) is 8.06. The molecule has 92 valence electrons. The van der Waals surface area contributed by atoms with Crippen LogP contribution >= 0.6 is 0 Å². The Morgan fingerprint density at radius 2 is 2.06 bits per heavy atom. The van der Waals surface area contributed by atoms with E-state index >= 15 is 0 Å². The Kier molecular flexibility index (Phi) is 4.66. The molecule has 0 spiro atoms. The Morgan fingerprint density at radius 1 is 1.41 bits per heavy atom. The minimum atomic E-state index is -1.09. The molecule has 0 heterocycles. The van der Waals surface area contributed by atoms with Crippen LogP contribution in [0, 0.1) is 0 Å². The van der Waals surface area contributed by atoms with Crippen LogP contribution in [-0.4, -0.2) is 29.7 Å². The van der Waals surface area contributed by atoms with Gasteiger partial charge in [-0.2, -0.15) is 0 Å². The van der Waals surface area contributed by atoms with Crippen LogP contribution in [0.5, 0.6) is 0 Å². The van der Waals surface area contributed by atoms with Gasteiger partial charge in [-0.05, 0) is 25.0 Å². The van der Waals surface area contributed by atoms with Gasteiger partial charge in [-0.1, -0.05) is 18.2 Å². The van der Waals surface area contributed by atoms with E-state index in [4.69, 9.17) is 15.6 Å². The highest BCUT2D eigenvalue weighted by Gasteiger charge is 2.17. The number of nitrogens with two attached hydrogens (primary N) is 1. The third-order valence-corrected chi connectivity index (χ3v) is 2.27. The highest BCUT2D eigenvalue weighted by atomic mass is 16.5. The summed E-state index contributed by atoms with van der Waals surface area (Å²) in [5.41, 5.74) is 6.39. The second-order valence-corrected chi connectivity index (χ2v) is 3.53. The van der Waals surface area contributed by atoms with Crippen LogP contribution < -0.4 is 5.73 Å². The summed E-state index contributed by atoms with van der Waals surface area (Å²) in [7, 11) is 0. The first-order valence-corrected chi connectivity index (χ1v) is 5.29. The van der Waals surface area contributed by atoms with E-state index in [9.17, 15) is 9.59 Å². The van der Waals surface area contributed by atoms with E-state index in [2.05, 4.69) is 0 Å². The van der Waals surface area contributed by atoms with Gasteiger partial charge in [0.25, 0.3) is 0 Å². The summed E-state index contributed by atoms with van der Waals surface area (Å²) in [6, 6.07) is 5.68. The molecule has 0 aliphatic heterocycles. The fraction of sp³-hybridized carbons (Fsp3) is 0.333. The normalized spacial score (nSPS) is 11.9. The van der Waals surface area contributed by atoms with E-state index in [1.165, 1.54) is 0 Å². The summed E-state index contributed by atoms with van der Waals surface area (Å²) in [5, 5.41) is 8.73. The van der Waals surface area contributed by atoms with Gasteiger partial charge in [-0.15, -0.1) is 0 Å². The molecule has 0 aromatic heterocycles. The van der Waals surface area contributed by atoms with E-state index < -0.39 is 18.0 Å². The van der Waals surface area contributed by atoms with Crippen LogP contribution in [0.15, 0.2) is 24.3 Å². The highest BCUT2D eigenvalue weighted by molar-refractivity contribution is 5.91. The van der Waals surface area contributed by atoms with E-state index in [1.54, 1.807) is 31.2 Å². The minimum Gasteiger partial charge on any atom is -0.480 e. The number of hydrogen-bond donors (Lipinski definition) is 2. The minimum absolute atomic E-state index is 0.102. The largest absolute Gasteiger partial charge is 0.480 e. The molecule has 0 saturated carbocycles. The van der Waals surface area contributed by atoms with Crippen LogP contribution in [0.3, 0.4) is 0 Å². The number of carbonyl (C=O) groups excluding carboxylic acids is 1. The number of aliphatic carboxylic acids is 1. The Morgan fingerprint density at radius 3 is 2.65 bits per heavy atom. The molecule has 17 heavy (non-hydrogen) atoms. The summed E-state index contributed by atoms with van der Waals surface area (Å²) < 4.78 is 4.88. The zero-order valence-electron chi connectivity index (χ0n) is 9.55. The summed E-state index contributed by atoms with van der Waals surface area (Å²) >= 11 is 0. The molecule has 0 radical (unpaired) electrons. The maximum absolute atomic E-state index is 11.6. The second-order valence-electron chi connectivity index (χ2n) is 3.53. The summed E-state index contributed by atoms with van der Waals surface area (Å²) in [4.78, 5) is 22.3. The summed E-state index contributed by atoms with van der Waals surface area (Å²) in [6.45, 7) is 1.99. The smallest absolute Gasteiger partial charge is 0.338 e. The van der Waals surface area contributed by atoms with Crippen LogP contribution in [0.25, 0.3) is 0 Å². The number of carboxylic acid groups (broad SMARTS) is 1. The molecule has 1 atom stereocenters. The lowest BCUT2D eigenvalue weighted by Gasteiger charge is -2.10. The lowest BCUT2D eigenvalue weighted by Crippen LogP contribution is -2.32. The summed E-state index contributed by atoms with van der Waals surface area (Å²) in [5.74, 6) is -1.55. The number of esters is 1. The maximum atomic E-state index is 11.6. The Hall–Kier alpha value is -1.88. The third kappa shape index (κ3) is 3.57. The first-order valence-electron chi connectivity index (χ1n) is 5.29. The molecule has 0 bridgehead atoms. The van der Waals surface area contributed by atoms with Crippen molar-refractivity contribution in [3.05, 3.63) is 35.4 Å². The maximum Gasteiger partial charge on any atom is 0.338 e. The number of benzene rings is 1. The van der Waals surface area contributed by atoms with Crippen molar-refractivity contribution in [2.45, 2.75) is 19.4 Å². The Bertz CT molecular complexity index is 417. The average Bonchev–Trinajstić information content (AvgIpc) is 2.29. The molecule has 0 aliphatic carbocycles. The van der Waals surface area contributed by atoms with Gasteiger partial charge >= 0.3 is 11.9 Å². The van der Waals surface area contributed by atoms with Crippen LogP contribution in [-0.2, 0) is 16.0 Å². The lowest BCUT2D eigenvalue weighted by atomic mass is 10.0. The van der Waals surface area contributed by atoms with Crippen LogP contribution in [0.1, 0.15) is 22.8 Å². The van der Waals surface area contributed by atoms with Gasteiger partial charge < -0.3 is 15.6 Å². The molecular weight excluding hydrogens is 222 g/mol. The number of carbonyl (C=O) groups is 2. The molecule has 0 saturated heterocycles. The molecule has 1 unspecified atom stereocenters. The van der Waals surface area contributed by atoms with Crippen molar-refractivity contribution in [1.29, 1.82) is 0 Å². The SMILES string of the molecule is CCOC(=O)c1ccccc1CC(N)C(=O)O. The molecule has 0 aliphatic rings. The van der Waals surface area contributed by atoms with Crippen molar-refractivity contribution in [3.8, 4) is 0 Å². The van der Waals surface area contributed by atoms with Crippen molar-refractivity contribution in [3.63, 3.8) is 0 Å². The van der Waals surface area contributed by atoms with Crippen molar-refractivity contribution < 1.29 is 19.4 Å². The number of carboxylic acids is 1. The topological polar surface area (TPSA) is 89.6 Å². The van der Waals surface area contributed by atoms with Gasteiger partial charge in [-0.25, -0.2) is 4.79 Å². The molecule has 1 aromatic rings. The molecule has 0 amide bonds. The van der Waals surface area contributed by atoms with Crippen molar-refractivity contribution in [2.75, 3.05) is 6.61 Å². The molecule has 5 nitrogen and oxygen atoms in total. The zero-order valence-corrected chi connectivity index (χ0v) is 9.55. The van der Waals surface area contributed by atoms with Gasteiger partial charge in [0, 0.05) is 0 Å². The van der Waals surface area contributed by atoms with Gasteiger partial charge in [-0.3, -0.25) is 4.79 Å². The average molecular weight is 237 g/mol. The van der Waals surface area contributed by atoms with Crippen molar-refractivity contribution in [2.24, 2.45) is 5.73 Å². The predicted octanol–water partition coefficient (Wildman–Crippen LogP) is 0.818. The summed E-state index contributed by atoms with van der Waals surface area (Å²) in [6.07, 6.45) is 0.102. The molecule has 0 fully saturated rings. The second kappa shape index (κ2) is 6.00. The fourth-order valence-electron chi connectivity index (χ4n) is 1.43. The van der Waals surface area contributed by atoms with Crippen LogP contribution in [0.4, 0.5) is 0 Å². The van der Waals surface area contributed by atoms with Crippen LogP contribution in [0.2, 0.25) is 0 Å². The molecule has 5 heteroatoms. The van der Waals surface area contributed by atoms with Gasteiger partial charge in [0.1, 0.15) is 6.04 Å². The van der Waals surface area contributed by atoms with Gasteiger partial charge in [0.05, 0.1) is 12.2 Å². The van der Waals surface area contributed by atoms with Crippen molar-refractivity contribution in [1.82, 2.24) is 0 Å². The van der Waals surface area contributed by atoms with E-state index in [0.29, 0.717) is 11.1 Å². The zero-order chi connectivity index (χ0) is 12.8. The van der Waals surface area contributed by atoms with E-state index in [0.717, 1.165) is 0 Å². The quantitative estimate of drug-likeness (QED) is 0.740. The first kappa shape index (κ1) is 13.2. The third-order valence-electron chi connectivity index (χ3n) is 2.27. The number of rotatable bonds is 5. The Labute approximate surface area is 99.2 Å². The number of ether oxygens (including phenoxy) is 1. The van der Waals surface area contributed by atoms with Crippen molar-refractivity contribution >= 4 is 11.9 Å². The highest BCUT2D eigenvalue weighted by Crippen LogP contribution is 2.12.